The highest BCUT2D eigenvalue weighted by atomic mass is 35.5. The number of hydrogen-bond acceptors (Lipinski definition) is 2. The van der Waals surface area contributed by atoms with Crippen LogP contribution in [0.1, 0.15) is 24.9 Å². The number of rotatable bonds is 5. The van der Waals surface area contributed by atoms with Crippen LogP contribution < -0.4 is 10.5 Å². The molecule has 0 bridgehead atoms. The van der Waals surface area contributed by atoms with E-state index in [1.165, 1.54) is 18.2 Å². The van der Waals surface area contributed by atoms with Crippen LogP contribution in [0.15, 0.2) is 24.3 Å². The molecule has 104 valence electrons. The van der Waals surface area contributed by atoms with E-state index >= 15 is 0 Å². The molecule has 2 nitrogen and oxygen atoms in total. The summed E-state index contributed by atoms with van der Waals surface area (Å²) in [6, 6.07) is 5.15. The summed E-state index contributed by atoms with van der Waals surface area (Å²) in [4.78, 5) is 0. The van der Waals surface area contributed by atoms with Gasteiger partial charge in [-0.05, 0) is 12.5 Å². The molecule has 1 atom stereocenters. The van der Waals surface area contributed by atoms with Gasteiger partial charge in [0.2, 0.25) is 0 Å². The number of benzene rings is 1. The summed E-state index contributed by atoms with van der Waals surface area (Å²) < 4.78 is 53.6. The second kappa shape index (κ2) is 6.80. The molecule has 2 N–H and O–H groups in total. The molecular formula is C11H14ClF4NO. The molecule has 1 rings (SSSR count). The average molecular weight is 288 g/mol. The van der Waals surface area contributed by atoms with Gasteiger partial charge in [-0.3, -0.25) is 0 Å². The van der Waals surface area contributed by atoms with E-state index in [1.807, 2.05) is 0 Å². The lowest BCUT2D eigenvalue weighted by molar-refractivity contribution is -0.253. The van der Waals surface area contributed by atoms with Crippen molar-refractivity contribution in [1.29, 1.82) is 0 Å². The zero-order valence-corrected chi connectivity index (χ0v) is 10.4. The Hall–Kier alpha value is -1.01. The molecule has 0 aromatic heterocycles. The van der Waals surface area contributed by atoms with Crippen molar-refractivity contribution in [3.05, 3.63) is 29.8 Å². The molecule has 0 aliphatic heterocycles. The second-order valence-electron chi connectivity index (χ2n) is 3.52. The fraction of sp³-hybridized carbons (Fsp3) is 0.455. The fourth-order valence-corrected chi connectivity index (χ4v) is 1.29. The standard InChI is InChI=1S/C11H13F4NO.ClH/c1-2-8(16)7-5-3-4-6-9(7)17-11(14,15)10(12)13;/h3-6,8,10H,2,16H2,1H3;1H/t8-;/m0./s1. The molecule has 0 amide bonds. The largest absolute Gasteiger partial charge is 0.461 e. The van der Waals surface area contributed by atoms with Gasteiger partial charge in [0.05, 0.1) is 0 Å². The van der Waals surface area contributed by atoms with Crippen molar-refractivity contribution in [1.82, 2.24) is 0 Å². The first kappa shape index (κ1) is 17.0. The van der Waals surface area contributed by atoms with Crippen LogP contribution >= 0.6 is 12.4 Å². The Bertz CT molecular complexity index is 376. The minimum absolute atomic E-state index is 0. The van der Waals surface area contributed by atoms with E-state index in [4.69, 9.17) is 5.73 Å². The smallest absolute Gasteiger partial charge is 0.428 e. The predicted octanol–water partition coefficient (Wildman–Crippen LogP) is 3.75. The summed E-state index contributed by atoms with van der Waals surface area (Å²) in [5.74, 6) is -0.313. The van der Waals surface area contributed by atoms with E-state index in [-0.39, 0.29) is 23.7 Å². The SMILES string of the molecule is CC[C@H](N)c1ccccc1OC(F)(F)C(F)F.Cl. The Labute approximate surface area is 109 Å². The Morgan fingerprint density at radius 1 is 1.28 bits per heavy atom. The molecule has 0 spiro atoms. The zero-order chi connectivity index (χ0) is 13.1. The van der Waals surface area contributed by atoms with Crippen molar-refractivity contribution in [2.24, 2.45) is 5.73 Å². The van der Waals surface area contributed by atoms with Gasteiger partial charge in [-0.2, -0.15) is 17.6 Å². The summed E-state index contributed by atoms with van der Waals surface area (Å²) in [6.45, 7) is 1.76. The summed E-state index contributed by atoms with van der Waals surface area (Å²) >= 11 is 0. The van der Waals surface area contributed by atoms with Crippen LogP contribution in [0, 0.1) is 0 Å². The molecule has 7 heteroatoms. The molecule has 0 aliphatic carbocycles. The van der Waals surface area contributed by atoms with Gasteiger partial charge >= 0.3 is 12.5 Å². The first-order valence-corrected chi connectivity index (χ1v) is 5.08. The van der Waals surface area contributed by atoms with E-state index in [9.17, 15) is 17.6 Å². The highest BCUT2D eigenvalue weighted by Crippen LogP contribution is 2.32. The average Bonchev–Trinajstić information content (AvgIpc) is 2.28. The van der Waals surface area contributed by atoms with Gasteiger partial charge in [0.25, 0.3) is 0 Å². The van der Waals surface area contributed by atoms with E-state index in [0.717, 1.165) is 0 Å². The van der Waals surface area contributed by atoms with Crippen molar-refractivity contribution < 1.29 is 22.3 Å². The molecule has 0 saturated heterocycles. The zero-order valence-electron chi connectivity index (χ0n) is 9.58. The fourth-order valence-electron chi connectivity index (χ4n) is 1.29. The van der Waals surface area contributed by atoms with Gasteiger partial charge in [-0.25, -0.2) is 0 Å². The van der Waals surface area contributed by atoms with E-state index in [2.05, 4.69) is 4.74 Å². The van der Waals surface area contributed by atoms with Crippen LogP contribution in [0.5, 0.6) is 5.75 Å². The lowest BCUT2D eigenvalue weighted by Crippen LogP contribution is -2.34. The lowest BCUT2D eigenvalue weighted by atomic mass is 10.0. The lowest BCUT2D eigenvalue weighted by Gasteiger charge is -2.20. The minimum atomic E-state index is -4.51. The van der Waals surface area contributed by atoms with Gasteiger partial charge in [-0.1, -0.05) is 25.1 Å². The van der Waals surface area contributed by atoms with E-state index in [0.29, 0.717) is 6.42 Å². The first-order chi connectivity index (χ1) is 7.88. The van der Waals surface area contributed by atoms with Gasteiger partial charge in [0, 0.05) is 11.6 Å². The number of para-hydroxylation sites is 1. The second-order valence-corrected chi connectivity index (χ2v) is 3.52. The van der Waals surface area contributed by atoms with E-state index in [1.54, 1.807) is 13.0 Å². The number of alkyl halides is 4. The highest BCUT2D eigenvalue weighted by Gasteiger charge is 2.44. The van der Waals surface area contributed by atoms with Crippen molar-refractivity contribution in [3.63, 3.8) is 0 Å². The van der Waals surface area contributed by atoms with Crippen molar-refractivity contribution in [3.8, 4) is 5.75 Å². The summed E-state index contributed by atoms with van der Waals surface area (Å²) in [6.07, 6.45) is -7.90. The Morgan fingerprint density at radius 3 is 2.33 bits per heavy atom. The van der Waals surface area contributed by atoms with Gasteiger partial charge in [0.1, 0.15) is 5.75 Å². The van der Waals surface area contributed by atoms with Crippen LogP contribution in [-0.2, 0) is 0 Å². The number of nitrogens with two attached hydrogens (primary N) is 1. The number of halogens is 5. The molecular weight excluding hydrogens is 274 g/mol. The minimum Gasteiger partial charge on any atom is -0.428 e. The van der Waals surface area contributed by atoms with Crippen molar-refractivity contribution in [2.45, 2.75) is 31.9 Å². The Morgan fingerprint density at radius 2 is 1.83 bits per heavy atom. The Kier molecular flexibility index (Phi) is 6.42. The number of hydrogen-bond donors (Lipinski definition) is 1. The molecule has 0 radical (unpaired) electrons. The van der Waals surface area contributed by atoms with Crippen LogP contribution in [0.2, 0.25) is 0 Å². The molecule has 0 unspecified atom stereocenters. The van der Waals surface area contributed by atoms with Crippen molar-refractivity contribution in [2.75, 3.05) is 0 Å². The molecule has 0 heterocycles. The van der Waals surface area contributed by atoms with Crippen LogP contribution in [0.25, 0.3) is 0 Å². The highest BCUT2D eigenvalue weighted by molar-refractivity contribution is 5.85. The predicted molar refractivity (Wildman–Crippen MR) is 62.5 cm³/mol. The van der Waals surface area contributed by atoms with Gasteiger partial charge < -0.3 is 10.5 Å². The van der Waals surface area contributed by atoms with Crippen LogP contribution in [0.3, 0.4) is 0 Å². The molecule has 0 aliphatic rings. The summed E-state index contributed by atoms with van der Waals surface area (Å²) in [5.41, 5.74) is 5.96. The normalized spacial score (nSPS) is 13.1. The summed E-state index contributed by atoms with van der Waals surface area (Å²) in [5, 5.41) is 0. The monoisotopic (exact) mass is 287 g/mol. The molecule has 1 aromatic rings. The topological polar surface area (TPSA) is 35.2 Å². The van der Waals surface area contributed by atoms with Gasteiger partial charge in [-0.15, -0.1) is 12.4 Å². The molecule has 0 fully saturated rings. The maximum Gasteiger partial charge on any atom is 0.461 e. The van der Waals surface area contributed by atoms with Gasteiger partial charge in [0.15, 0.2) is 0 Å². The number of ether oxygens (including phenoxy) is 1. The third-order valence-corrected chi connectivity index (χ3v) is 2.26. The summed E-state index contributed by atoms with van der Waals surface area (Å²) in [7, 11) is 0. The van der Waals surface area contributed by atoms with E-state index < -0.39 is 18.6 Å². The quantitative estimate of drug-likeness (QED) is 0.837. The Balaban J connectivity index is 0.00000289. The molecule has 18 heavy (non-hydrogen) atoms. The van der Waals surface area contributed by atoms with Crippen LogP contribution in [0.4, 0.5) is 17.6 Å². The molecule has 1 aromatic carbocycles. The van der Waals surface area contributed by atoms with Crippen molar-refractivity contribution >= 4 is 12.4 Å². The molecule has 0 saturated carbocycles. The maximum atomic E-state index is 12.8. The third kappa shape index (κ3) is 4.03. The third-order valence-electron chi connectivity index (χ3n) is 2.26. The first-order valence-electron chi connectivity index (χ1n) is 5.08. The maximum absolute atomic E-state index is 12.8. The van der Waals surface area contributed by atoms with Crippen LogP contribution in [-0.4, -0.2) is 12.5 Å².